The third-order valence-corrected chi connectivity index (χ3v) is 3.82. The van der Waals surface area contributed by atoms with Crippen molar-refractivity contribution >= 4 is 23.6 Å². The molecule has 0 aliphatic carbocycles. The van der Waals surface area contributed by atoms with Gasteiger partial charge < -0.3 is 14.8 Å². The van der Waals surface area contributed by atoms with E-state index < -0.39 is 5.82 Å². The highest BCUT2D eigenvalue weighted by molar-refractivity contribution is 6.30. The van der Waals surface area contributed by atoms with Gasteiger partial charge in [-0.1, -0.05) is 23.7 Å². The average Bonchev–Trinajstić information content (AvgIpc) is 2.62. The first kappa shape index (κ1) is 18.8. The summed E-state index contributed by atoms with van der Waals surface area (Å²) in [6.07, 6.45) is 3.62. The lowest BCUT2D eigenvalue weighted by Crippen LogP contribution is -2.23. The van der Waals surface area contributed by atoms with Crippen LogP contribution in [0, 0.1) is 5.82 Å². The van der Waals surface area contributed by atoms with Gasteiger partial charge in [-0.05, 0) is 47.9 Å². The molecule has 2 rings (SSSR count). The van der Waals surface area contributed by atoms with Crippen LogP contribution < -0.4 is 14.8 Å². The molecule has 0 radical (unpaired) electrons. The number of carbonyl (C=O) groups excluding carboxylic acids is 1. The molecule has 0 fully saturated rings. The van der Waals surface area contributed by atoms with Crippen LogP contribution in [0.5, 0.6) is 11.5 Å². The Hall–Kier alpha value is -2.53. The van der Waals surface area contributed by atoms with Gasteiger partial charge in [0.1, 0.15) is 5.82 Å². The topological polar surface area (TPSA) is 47.6 Å². The SMILES string of the molecule is COc1ccc(CCNC(=O)/C=C/c2ccc(F)c(Cl)c2)cc1OC. The predicted molar refractivity (Wildman–Crippen MR) is 96.7 cm³/mol. The number of nitrogens with one attached hydrogen (secondary N) is 1. The Balaban J connectivity index is 1.86. The molecule has 4 nitrogen and oxygen atoms in total. The molecule has 0 saturated heterocycles. The Morgan fingerprint density at radius 3 is 2.60 bits per heavy atom. The monoisotopic (exact) mass is 363 g/mol. The average molecular weight is 364 g/mol. The Labute approximate surface area is 151 Å². The van der Waals surface area contributed by atoms with Crippen molar-refractivity contribution in [1.82, 2.24) is 5.32 Å². The fourth-order valence-electron chi connectivity index (χ4n) is 2.21. The fraction of sp³-hybridized carbons (Fsp3) is 0.211. The van der Waals surface area contributed by atoms with Gasteiger partial charge in [-0.2, -0.15) is 0 Å². The van der Waals surface area contributed by atoms with Crippen LogP contribution in [0.3, 0.4) is 0 Å². The molecule has 0 unspecified atom stereocenters. The number of carbonyl (C=O) groups is 1. The molecule has 0 bridgehead atoms. The minimum atomic E-state index is -0.488. The second kappa shape index (κ2) is 9.08. The van der Waals surface area contributed by atoms with E-state index in [1.54, 1.807) is 26.4 Å². The second-order valence-corrected chi connectivity index (χ2v) is 5.64. The number of hydrogen-bond acceptors (Lipinski definition) is 3. The van der Waals surface area contributed by atoms with E-state index in [0.717, 1.165) is 5.56 Å². The van der Waals surface area contributed by atoms with Crippen LogP contribution in [0.2, 0.25) is 5.02 Å². The third kappa shape index (κ3) is 5.50. The second-order valence-electron chi connectivity index (χ2n) is 5.24. The summed E-state index contributed by atoms with van der Waals surface area (Å²) >= 11 is 5.70. The van der Waals surface area contributed by atoms with Crippen molar-refractivity contribution in [2.24, 2.45) is 0 Å². The summed E-state index contributed by atoms with van der Waals surface area (Å²) in [5.41, 5.74) is 1.67. The van der Waals surface area contributed by atoms with Gasteiger partial charge in [0.05, 0.1) is 19.2 Å². The van der Waals surface area contributed by atoms with Crippen molar-refractivity contribution in [2.75, 3.05) is 20.8 Å². The number of methoxy groups -OCH3 is 2. The first-order chi connectivity index (χ1) is 12.0. The molecule has 0 aromatic heterocycles. The van der Waals surface area contributed by atoms with Crippen LogP contribution in [-0.2, 0) is 11.2 Å². The fourth-order valence-corrected chi connectivity index (χ4v) is 2.40. The summed E-state index contributed by atoms with van der Waals surface area (Å²) < 4.78 is 23.5. The van der Waals surface area contributed by atoms with Crippen LogP contribution in [-0.4, -0.2) is 26.7 Å². The van der Waals surface area contributed by atoms with E-state index in [4.69, 9.17) is 21.1 Å². The van der Waals surface area contributed by atoms with E-state index in [9.17, 15) is 9.18 Å². The first-order valence-corrected chi connectivity index (χ1v) is 8.03. The molecule has 1 amide bonds. The van der Waals surface area contributed by atoms with Gasteiger partial charge in [0.2, 0.25) is 5.91 Å². The van der Waals surface area contributed by atoms with Crippen LogP contribution in [0.1, 0.15) is 11.1 Å². The molecule has 0 saturated carbocycles. The van der Waals surface area contributed by atoms with Crippen molar-refractivity contribution in [3.63, 3.8) is 0 Å². The van der Waals surface area contributed by atoms with Crippen LogP contribution >= 0.6 is 11.6 Å². The smallest absolute Gasteiger partial charge is 0.244 e. The van der Waals surface area contributed by atoms with E-state index >= 15 is 0 Å². The van der Waals surface area contributed by atoms with Crippen molar-refractivity contribution in [3.05, 3.63) is 64.4 Å². The molecule has 6 heteroatoms. The number of halogens is 2. The molecule has 2 aromatic carbocycles. The number of amides is 1. The summed E-state index contributed by atoms with van der Waals surface area (Å²) in [6, 6.07) is 9.90. The highest BCUT2D eigenvalue weighted by Gasteiger charge is 2.05. The molecular weight excluding hydrogens is 345 g/mol. The molecule has 0 aliphatic heterocycles. The van der Waals surface area contributed by atoms with E-state index in [0.29, 0.717) is 30.0 Å². The molecular formula is C19H19ClFNO3. The quantitative estimate of drug-likeness (QED) is 0.760. The summed E-state index contributed by atoms with van der Waals surface area (Å²) in [7, 11) is 3.16. The van der Waals surface area contributed by atoms with Crippen LogP contribution in [0.25, 0.3) is 6.08 Å². The zero-order valence-corrected chi connectivity index (χ0v) is 14.8. The first-order valence-electron chi connectivity index (χ1n) is 7.65. The number of ether oxygens (including phenoxy) is 2. The van der Waals surface area contributed by atoms with Gasteiger partial charge in [-0.25, -0.2) is 4.39 Å². The van der Waals surface area contributed by atoms with Gasteiger partial charge in [-0.15, -0.1) is 0 Å². The zero-order chi connectivity index (χ0) is 18.2. The standard InChI is InChI=1S/C19H19ClFNO3/c1-24-17-7-4-14(12-18(17)25-2)9-10-22-19(23)8-5-13-3-6-16(21)15(20)11-13/h3-8,11-12H,9-10H2,1-2H3,(H,22,23)/b8-5+. The van der Waals surface area contributed by atoms with E-state index in [2.05, 4.69) is 5.32 Å². The maximum Gasteiger partial charge on any atom is 0.244 e. The predicted octanol–water partition coefficient (Wildman–Crippen LogP) is 3.87. The molecule has 0 heterocycles. The Morgan fingerprint density at radius 2 is 1.92 bits per heavy atom. The third-order valence-electron chi connectivity index (χ3n) is 3.53. The van der Waals surface area contributed by atoms with Gasteiger partial charge >= 0.3 is 0 Å². The Kier molecular flexibility index (Phi) is 6.83. The zero-order valence-electron chi connectivity index (χ0n) is 14.0. The van der Waals surface area contributed by atoms with E-state index in [1.165, 1.54) is 18.2 Å². The summed E-state index contributed by atoms with van der Waals surface area (Å²) in [5, 5.41) is 2.81. The highest BCUT2D eigenvalue weighted by atomic mass is 35.5. The molecule has 0 spiro atoms. The maximum atomic E-state index is 13.1. The largest absolute Gasteiger partial charge is 0.493 e. The summed E-state index contributed by atoms with van der Waals surface area (Å²) in [6.45, 7) is 0.475. The van der Waals surface area contributed by atoms with Crippen molar-refractivity contribution in [3.8, 4) is 11.5 Å². The molecule has 0 aliphatic rings. The molecule has 132 valence electrons. The van der Waals surface area contributed by atoms with E-state index in [-0.39, 0.29) is 10.9 Å². The summed E-state index contributed by atoms with van der Waals surface area (Å²) in [5.74, 6) is 0.592. The lowest BCUT2D eigenvalue weighted by Gasteiger charge is -2.09. The maximum absolute atomic E-state index is 13.1. The van der Waals surface area contributed by atoms with Crippen molar-refractivity contribution in [1.29, 1.82) is 0 Å². The summed E-state index contributed by atoms with van der Waals surface area (Å²) in [4.78, 5) is 11.8. The highest BCUT2D eigenvalue weighted by Crippen LogP contribution is 2.27. The van der Waals surface area contributed by atoms with Crippen LogP contribution in [0.4, 0.5) is 4.39 Å². The number of benzene rings is 2. The molecule has 0 atom stereocenters. The molecule has 1 N–H and O–H groups in total. The minimum absolute atomic E-state index is 0.0241. The van der Waals surface area contributed by atoms with Gasteiger partial charge in [0.15, 0.2) is 11.5 Å². The number of rotatable bonds is 7. The number of hydrogen-bond donors (Lipinski definition) is 1. The van der Waals surface area contributed by atoms with Gasteiger partial charge in [-0.3, -0.25) is 4.79 Å². The van der Waals surface area contributed by atoms with Crippen LogP contribution in [0.15, 0.2) is 42.5 Å². The lowest BCUT2D eigenvalue weighted by atomic mass is 10.1. The lowest BCUT2D eigenvalue weighted by molar-refractivity contribution is -0.116. The normalized spacial score (nSPS) is 10.7. The van der Waals surface area contributed by atoms with Crippen molar-refractivity contribution in [2.45, 2.75) is 6.42 Å². The minimum Gasteiger partial charge on any atom is -0.493 e. The Bertz CT molecular complexity index is 777. The molecule has 25 heavy (non-hydrogen) atoms. The molecule has 2 aromatic rings. The van der Waals surface area contributed by atoms with Crippen molar-refractivity contribution < 1.29 is 18.7 Å². The van der Waals surface area contributed by atoms with Gasteiger partial charge in [0.25, 0.3) is 0 Å². The van der Waals surface area contributed by atoms with Gasteiger partial charge in [0, 0.05) is 12.6 Å². The van der Waals surface area contributed by atoms with E-state index in [1.807, 2.05) is 18.2 Å². The Morgan fingerprint density at radius 1 is 1.16 bits per heavy atom.